The average molecular weight is 276 g/mol. The number of hydrogen-bond donors (Lipinski definition) is 1. The molecule has 1 heterocycles. The Bertz CT molecular complexity index is 462. The van der Waals surface area contributed by atoms with Crippen LogP contribution in [0.4, 0.5) is 18.9 Å². The predicted octanol–water partition coefficient (Wildman–Crippen LogP) is 2.52. The van der Waals surface area contributed by atoms with Crippen molar-refractivity contribution in [2.75, 3.05) is 5.01 Å². The number of benzene rings is 1. The maximum absolute atomic E-state index is 12.1. The van der Waals surface area contributed by atoms with Gasteiger partial charge in [-0.15, -0.1) is 0 Å². The van der Waals surface area contributed by atoms with E-state index in [1.54, 1.807) is 0 Å². The molecule has 0 aliphatic carbocycles. The lowest BCUT2D eigenvalue weighted by atomic mass is 10.3. The largest absolute Gasteiger partial charge is 0.446 e. The fraction of sp³-hybridized carbons (Fsp3) is 0.222. The molecule has 1 aromatic carbocycles. The lowest BCUT2D eigenvalue weighted by Gasteiger charge is -2.16. The van der Waals surface area contributed by atoms with Gasteiger partial charge in [-0.05, 0) is 41.3 Å². The molecule has 5 nitrogen and oxygen atoms in total. The molecule has 18 heavy (non-hydrogen) atoms. The molecule has 1 atom stereocenters. The fourth-order valence-electron chi connectivity index (χ4n) is 1.34. The van der Waals surface area contributed by atoms with Crippen molar-refractivity contribution in [2.45, 2.75) is 16.6 Å². The van der Waals surface area contributed by atoms with Gasteiger partial charge in [-0.25, -0.2) is 5.01 Å². The molecule has 0 radical (unpaired) electrons. The van der Waals surface area contributed by atoms with Gasteiger partial charge in [0.1, 0.15) is 0 Å². The summed E-state index contributed by atoms with van der Waals surface area (Å²) in [6, 6.07) is 5.50. The Balaban J connectivity index is 2.12. The van der Waals surface area contributed by atoms with E-state index in [0.717, 1.165) is 0 Å². The first kappa shape index (κ1) is 12.7. The molecule has 0 bridgehead atoms. The van der Waals surface area contributed by atoms with E-state index in [1.165, 1.54) is 29.3 Å². The zero-order valence-corrected chi connectivity index (χ0v) is 9.57. The molecule has 1 aromatic rings. The number of alkyl halides is 3. The summed E-state index contributed by atoms with van der Waals surface area (Å²) in [6.45, 7) is 0. The van der Waals surface area contributed by atoms with Crippen molar-refractivity contribution in [3.05, 3.63) is 24.3 Å². The van der Waals surface area contributed by atoms with Crippen molar-refractivity contribution in [2.24, 2.45) is 10.4 Å². The molecular formula is C9H7F3N4OS. The third-order valence-electron chi connectivity index (χ3n) is 2.06. The van der Waals surface area contributed by atoms with E-state index < -0.39 is 11.7 Å². The van der Waals surface area contributed by atoms with Gasteiger partial charge in [0.2, 0.25) is 0 Å². The van der Waals surface area contributed by atoms with Crippen molar-refractivity contribution < 1.29 is 18.0 Å². The standard InChI is InChI=1S/C9H7F3N4OS/c10-9(11,12)18-7-3-1-6(2-4-7)16-8(5-17)13-14-15-16/h1-5,8H,(H,13,15). The summed E-state index contributed by atoms with van der Waals surface area (Å²) in [7, 11) is 0. The summed E-state index contributed by atoms with van der Waals surface area (Å²) in [5.74, 6) is 0. The minimum absolute atomic E-state index is 0.0676. The first-order valence-corrected chi connectivity index (χ1v) is 5.58. The van der Waals surface area contributed by atoms with Crippen molar-refractivity contribution in [1.82, 2.24) is 5.43 Å². The number of carbonyl (C=O) groups is 1. The summed E-state index contributed by atoms with van der Waals surface area (Å²) < 4.78 is 36.4. The SMILES string of the molecule is O=CC1NN=NN1c1ccc(SC(F)(F)F)cc1. The van der Waals surface area contributed by atoms with E-state index >= 15 is 0 Å². The third-order valence-corrected chi connectivity index (χ3v) is 2.80. The Morgan fingerprint density at radius 1 is 1.33 bits per heavy atom. The zero-order valence-electron chi connectivity index (χ0n) is 8.76. The van der Waals surface area contributed by atoms with Gasteiger partial charge < -0.3 is 0 Å². The summed E-state index contributed by atoms with van der Waals surface area (Å²) in [4.78, 5) is 10.7. The molecule has 0 saturated heterocycles. The molecule has 0 fully saturated rings. The topological polar surface area (TPSA) is 57.1 Å². The van der Waals surface area contributed by atoms with Gasteiger partial charge in [0.25, 0.3) is 0 Å². The van der Waals surface area contributed by atoms with E-state index in [9.17, 15) is 18.0 Å². The number of hydrogen-bond acceptors (Lipinski definition) is 6. The van der Waals surface area contributed by atoms with Crippen LogP contribution in [0.1, 0.15) is 0 Å². The van der Waals surface area contributed by atoms with E-state index in [1.807, 2.05) is 0 Å². The molecule has 2 rings (SSSR count). The molecule has 0 spiro atoms. The van der Waals surface area contributed by atoms with Crippen LogP contribution in [-0.4, -0.2) is 18.0 Å². The van der Waals surface area contributed by atoms with Crippen molar-refractivity contribution in [3.63, 3.8) is 0 Å². The summed E-state index contributed by atoms with van der Waals surface area (Å²) in [6.07, 6.45) is -0.135. The molecule has 1 N–H and O–H groups in total. The van der Waals surface area contributed by atoms with Crippen LogP contribution in [0, 0.1) is 0 Å². The van der Waals surface area contributed by atoms with E-state index in [4.69, 9.17) is 0 Å². The van der Waals surface area contributed by atoms with Gasteiger partial charge in [0.15, 0.2) is 12.5 Å². The van der Waals surface area contributed by atoms with Crippen molar-refractivity contribution >= 4 is 23.7 Å². The second kappa shape index (κ2) is 4.84. The number of anilines is 1. The fourth-order valence-corrected chi connectivity index (χ4v) is 1.88. The second-order valence-corrected chi connectivity index (χ2v) is 4.42. The molecule has 0 amide bonds. The number of thioether (sulfide) groups is 1. The van der Waals surface area contributed by atoms with Gasteiger partial charge in [-0.2, -0.15) is 13.2 Å². The minimum atomic E-state index is -4.32. The number of aldehydes is 1. The minimum Gasteiger partial charge on any atom is -0.299 e. The van der Waals surface area contributed by atoms with Crippen LogP contribution < -0.4 is 10.4 Å². The first-order chi connectivity index (χ1) is 8.49. The van der Waals surface area contributed by atoms with Gasteiger partial charge in [-0.1, -0.05) is 5.22 Å². The predicted molar refractivity (Wildman–Crippen MR) is 58.7 cm³/mol. The van der Waals surface area contributed by atoms with Crippen molar-refractivity contribution in [1.29, 1.82) is 0 Å². The van der Waals surface area contributed by atoms with Crippen LogP contribution in [0.25, 0.3) is 0 Å². The van der Waals surface area contributed by atoms with E-state index in [-0.39, 0.29) is 16.7 Å². The zero-order chi connectivity index (χ0) is 13.2. The van der Waals surface area contributed by atoms with Gasteiger partial charge in [0.05, 0.1) is 5.69 Å². The second-order valence-electron chi connectivity index (χ2n) is 3.29. The Labute approximate surface area is 104 Å². The highest BCUT2D eigenvalue weighted by Gasteiger charge is 2.29. The van der Waals surface area contributed by atoms with Crippen LogP contribution in [-0.2, 0) is 4.79 Å². The quantitative estimate of drug-likeness (QED) is 0.680. The lowest BCUT2D eigenvalue weighted by molar-refractivity contribution is -0.109. The Hall–Kier alpha value is -1.77. The highest BCUT2D eigenvalue weighted by molar-refractivity contribution is 8.00. The number of carbonyl (C=O) groups excluding carboxylic acids is 1. The monoisotopic (exact) mass is 276 g/mol. The first-order valence-electron chi connectivity index (χ1n) is 4.76. The third kappa shape index (κ3) is 2.92. The number of halogens is 3. The summed E-state index contributed by atoms with van der Waals surface area (Å²) in [5, 5.41) is 8.38. The number of nitrogens with one attached hydrogen (secondary N) is 1. The molecule has 1 aliphatic rings. The van der Waals surface area contributed by atoms with Crippen LogP contribution in [0.15, 0.2) is 39.6 Å². The Morgan fingerprint density at radius 2 is 2.00 bits per heavy atom. The highest BCUT2D eigenvalue weighted by Crippen LogP contribution is 2.37. The molecule has 0 aromatic heterocycles. The molecule has 1 unspecified atom stereocenters. The van der Waals surface area contributed by atoms with Gasteiger partial charge in [-0.3, -0.25) is 10.2 Å². The molecule has 1 aliphatic heterocycles. The normalized spacial score (nSPS) is 18.8. The molecule has 0 saturated carbocycles. The highest BCUT2D eigenvalue weighted by atomic mass is 32.2. The molecular weight excluding hydrogens is 269 g/mol. The van der Waals surface area contributed by atoms with E-state index in [2.05, 4.69) is 15.9 Å². The average Bonchev–Trinajstić information content (AvgIpc) is 2.76. The van der Waals surface area contributed by atoms with Crippen LogP contribution in [0.2, 0.25) is 0 Å². The smallest absolute Gasteiger partial charge is 0.299 e. The van der Waals surface area contributed by atoms with Crippen LogP contribution in [0.3, 0.4) is 0 Å². The maximum Gasteiger partial charge on any atom is 0.446 e. The Kier molecular flexibility index (Phi) is 3.41. The molecule has 9 heteroatoms. The van der Waals surface area contributed by atoms with Gasteiger partial charge >= 0.3 is 5.51 Å². The number of rotatable bonds is 3. The lowest BCUT2D eigenvalue weighted by Crippen LogP contribution is -2.36. The number of nitrogens with zero attached hydrogens (tertiary/aromatic N) is 3. The summed E-state index contributed by atoms with van der Waals surface area (Å²) in [5.41, 5.74) is -1.40. The van der Waals surface area contributed by atoms with Crippen LogP contribution in [0.5, 0.6) is 0 Å². The van der Waals surface area contributed by atoms with Crippen LogP contribution >= 0.6 is 11.8 Å². The molecule has 96 valence electrons. The van der Waals surface area contributed by atoms with E-state index in [0.29, 0.717) is 12.0 Å². The van der Waals surface area contributed by atoms with Gasteiger partial charge in [0, 0.05) is 4.90 Å². The maximum atomic E-state index is 12.1. The van der Waals surface area contributed by atoms with Crippen molar-refractivity contribution in [3.8, 4) is 0 Å². The summed E-state index contributed by atoms with van der Waals surface area (Å²) >= 11 is -0.199. The Morgan fingerprint density at radius 3 is 2.56 bits per heavy atom.